The maximum atomic E-state index is 11.1. The quantitative estimate of drug-likeness (QED) is 0.891. The van der Waals surface area contributed by atoms with Crippen molar-refractivity contribution in [3.8, 4) is 0 Å². The standard InChI is InChI=1S/C17H27N3O/c1-12-4-6-15(7-5-12)17(13(2)18)20-10-8-16(9-11-20)19-14(3)21/h4-7,13,16-17H,8-11,18H2,1-3H3,(H,19,21). The fraction of sp³-hybridized carbons (Fsp3) is 0.588. The van der Waals surface area contributed by atoms with Crippen LogP contribution in [-0.2, 0) is 4.79 Å². The van der Waals surface area contributed by atoms with Crippen molar-refractivity contribution < 1.29 is 4.79 Å². The Hall–Kier alpha value is -1.39. The van der Waals surface area contributed by atoms with Crippen molar-refractivity contribution in [1.82, 2.24) is 10.2 Å². The van der Waals surface area contributed by atoms with Gasteiger partial charge in [-0.25, -0.2) is 0 Å². The molecule has 1 aromatic rings. The monoisotopic (exact) mass is 289 g/mol. The van der Waals surface area contributed by atoms with Gasteiger partial charge in [-0.2, -0.15) is 0 Å². The third kappa shape index (κ3) is 4.29. The van der Waals surface area contributed by atoms with Crippen LogP contribution in [0.15, 0.2) is 24.3 Å². The first-order valence-corrected chi connectivity index (χ1v) is 7.80. The summed E-state index contributed by atoms with van der Waals surface area (Å²) in [6.45, 7) is 7.72. The number of benzene rings is 1. The number of amides is 1. The number of piperidine rings is 1. The zero-order chi connectivity index (χ0) is 15.4. The first kappa shape index (κ1) is 16.0. The first-order chi connectivity index (χ1) is 9.97. The minimum atomic E-state index is 0.0655. The van der Waals surface area contributed by atoms with Crippen molar-refractivity contribution in [3.05, 3.63) is 35.4 Å². The highest BCUT2D eigenvalue weighted by molar-refractivity contribution is 5.73. The zero-order valence-electron chi connectivity index (χ0n) is 13.3. The molecule has 0 saturated carbocycles. The second kappa shape index (κ2) is 7.05. The third-order valence-electron chi connectivity index (χ3n) is 4.25. The van der Waals surface area contributed by atoms with Crippen LogP contribution in [0.25, 0.3) is 0 Å². The normalized spacial score (nSPS) is 20.0. The van der Waals surface area contributed by atoms with E-state index < -0.39 is 0 Å². The lowest BCUT2D eigenvalue weighted by molar-refractivity contribution is -0.120. The highest BCUT2D eigenvalue weighted by Crippen LogP contribution is 2.27. The summed E-state index contributed by atoms with van der Waals surface area (Å²) in [6.07, 6.45) is 1.99. The van der Waals surface area contributed by atoms with Crippen LogP contribution in [0.2, 0.25) is 0 Å². The van der Waals surface area contributed by atoms with Gasteiger partial charge in [-0.15, -0.1) is 0 Å². The lowest BCUT2D eigenvalue weighted by Crippen LogP contribution is -2.48. The Balaban J connectivity index is 2.04. The number of aryl methyl sites for hydroxylation is 1. The summed E-state index contributed by atoms with van der Waals surface area (Å²) in [7, 11) is 0. The maximum absolute atomic E-state index is 11.1. The van der Waals surface area contributed by atoms with Crippen LogP contribution in [0.4, 0.5) is 0 Å². The Labute approximate surface area is 127 Å². The molecule has 0 aliphatic carbocycles. The number of carbonyl (C=O) groups is 1. The Kier molecular flexibility index (Phi) is 5.37. The summed E-state index contributed by atoms with van der Waals surface area (Å²) in [5, 5.41) is 3.02. The van der Waals surface area contributed by atoms with Crippen molar-refractivity contribution in [2.45, 2.75) is 51.7 Å². The number of rotatable bonds is 4. The summed E-state index contributed by atoms with van der Waals surface area (Å²) in [5.74, 6) is 0.0655. The molecule has 1 saturated heterocycles. The van der Waals surface area contributed by atoms with Gasteiger partial charge in [0.15, 0.2) is 0 Å². The molecule has 21 heavy (non-hydrogen) atoms. The molecule has 1 aromatic carbocycles. The van der Waals surface area contributed by atoms with Crippen molar-refractivity contribution in [1.29, 1.82) is 0 Å². The number of nitrogens with two attached hydrogens (primary N) is 1. The molecule has 0 radical (unpaired) electrons. The summed E-state index contributed by atoms with van der Waals surface area (Å²) in [4.78, 5) is 13.6. The zero-order valence-corrected chi connectivity index (χ0v) is 13.3. The van der Waals surface area contributed by atoms with E-state index in [1.54, 1.807) is 6.92 Å². The number of hydrogen-bond acceptors (Lipinski definition) is 3. The molecule has 2 atom stereocenters. The molecule has 4 heteroatoms. The molecule has 1 aliphatic heterocycles. The molecule has 0 bridgehead atoms. The summed E-state index contributed by atoms with van der Waals surface area (Å²) < 4.78 is 0. The van der Waals surface area contributed by atoms with Crippen LogP contribution >= 0.6 is 0 Å². The minimum Gasteiger partial charge on any atom is -0.354 e. The maximum Gasteiger partial charge on any atom is 0.217 e. The molecule has 0 spiro atoms. The van der Waals surface area contributed by atoms with E-state index in [1.807, 2.05) is 0 Å². The minimum absolute atomic E-state index is 0.0655. The molecular weight excluding hydrogens is 262 g/mol. The van der Waals surface area contributed by atoms with Gasteiger partial charge >= 0.3 is 0 Å². The largest absolute Gasteiger partial charge is 0.354 e. The topological polar surface area (TPSA) is 58.4 Å². The summed E-state index contributed by atoms with van der Waals surface area (Å²) in [5.41, 5.74) is 8.80. The highest BCUT2D eigenvalue weighted by Gasteiger charge is 2.28. The second-order valence-electron chi connectivity index (χ2n) is 6.23. The molecule has 116 valence electrons. The van der Waals surface area contributed by atoms with Crippen LogP contribution in [-0.4, -0.2) is 36.0 Å². The fourth-order valence-electron chi connectivity index (χ4n) is 3.22. The van der Waals surface area contributed by atoms with Crippen LogP contribution in [0.5, 0.6) is 0 Å². The molecule has 1 aliphatic rings. The van der Waals surface area contributed by atoms with Gasteiger partial charge in [-0.3, -0.25) is 9.69 Å². The van der Waals surface area contributed by atoms with Crippen molar-refractivity contribution >= 4 is 5.91 Å². The van der Waals surface area contributed by atoms with E-state index in [2.05, 4.69) is 48.3 Å². The molecule has 3 N–H and O–H groups in total. The van der Waals surface area contributed by atoms with Crippen molar-refractivity contribution in [3.63, 3.8) is 0 Å². The van der Waals surface area contributed by atoms with Gasteiger partial charge in [0, 0.05) is 38.1 Å². The van der Waals surface area contributed by atoms with Gasteiger partial charge in [-0.05, 0) is 32.3 Å². The van der Waals surface area contributed by atoms with Crippen LogP contribution < -0.4 is 11.1 Å². The molecule has 1 heterocycles. The molecule has 1 amide bonds. The van der Waals surface area contributed by atoms with E-state index in [9.17, 15) is 4.79 Å². The SMILES string of the molecule is CC(=O)NC1CCN(C(c2ccc(C)cc2)C(C)N)CC1. The number of hydrogen-bond donors (Lipinski definition) is 2. The lowest BCUT2D eigenvalue weighted by atomic mass is 9.94. The number of nitrogens with zero attached hydrogens (tertiary/aromatic N) is 1. The smallest absolute Gasteiger partial charge is 0.217 e. The number of nitrogens with one attached hydrogen (secondary N) is 1. The van der Waals surface area contributed by atoms with Crippen LogP contribution in [0, 0.1) is 6.92 Å². The molecule has 2 unspecified atom stereocenters. The van der Waals surface area contributed by atoms with E-state index in [4.69, 9.17) is 5.73 Å². The van der Waals surface area contributed by atoms with E-state index in [0.717, 1.165) is 25.9 Å². The van der Waals surface area contributed by atoms with Gasteiger partial charge in [0.25, 0.3) is 0 Å². The predicted molar refractivity (Wildman–Crippen MR) is 86.0 cm³/mol. The van der Waals surface area contributed by atoms with Gasteiger partial charge in [0.1, 0.15) is 0 Å². The molecule has 4 nitrogen and oxygen atoms in total. The highest BCUT2D eigenvalue weighted by atomic mass is 16.1. The average Bonchev–Trinajstić information content (AvgIpc) is 2.42. The van der Waals surface area contributed by atoms with E-state index in [1.165, 1.54) is 11.1 Å². The fourth-order valence-corrected chi connectivity index (χ4v) is 3.22. The predicted octanol–water partition coefficient (Wildman–Crippen LogP) is 1.98. The van der Waals surface area contributed by atoms with E-state index in [-0.39, 0.29) is 18.0 Å². The first-order valence-electron chi connectivity index (χ1n) is 7.80. The van der Waals surface area contributed by atoms with E-state index in [0.29, 0.717) is 6.04 Å². The molecule has 1 fully saturated rings. The number of likely N-dealkylation sites (tertiary alicyclic amines) is 1. The lowest BCUT2D eigenvalue weighted by Gasteiger charge is -2.39. The summed E-state index contributed by atoms with van der Waals surface area (Å²) >= 11 is 0. The van der Waals surface area contributed by atoms with Gasteiger partial charge < -0.3 is 11.1 Å². The van der Waals surface area contributed by atoms with Crippen molar-refractivity contribution in [2.75, 3.05) is 13.1 Å². The Morgan fingerprint density at radius 2 is 1.86 bits per heavy atom. The van der Waals surface area contributed by atoms with Crippen LogP contribution in [0.1, 0.15) is 43.9 Å². The van der Waals surface area contributed by atoms with E-state index >= 15 is 0 Å². The summed E-state index contributed by atoms with van der Waals surface area (Å²) in [6, 6.07) is 9.31. The van der Waals surface area contributed by atoms with Gasteiger partial charge in [0.05, 0.1) is 0 Å². The Morgan fingerprint density at radius 3 is 2.33 bits per heavy atom. The van der Waals surface area contributed by atoms with Gasteiger partial charge in [-0.1, -0.05) is 29.8 Å². The Bertz CT molecular complexity index is 461. The Morgan fingerprint density at radius 1 is 1.29 bits per heavy atom. The average molecular weight is 289 g/mol. The number of carbonyl (C=O) groups excluding carboxylic acids is 1. The van der Waals surface area contributed by atoms with Gasteiger partial charge in [0.2, 0.25) is 5.91 Å². The molecule has 2 rings (SSSR count). The molecular formula is C17H27N3O. The van der Waals surface area contributed by atoms with Crippen LogP contribution in [0.3, 0.4) is 0 Å². The molecule has 0 aromatic heterocycles. The third-order valence-corrected chi connectivity index (χ3v) is 4.25. The van der Waals surface area contributed by atoms with Crippen molar-refractivity contribution in [2.24, 2.45) is 5.73 Å². The second-order valence-corrected chi connectivity index (χ2v) is 6.23.